The van der Waals surface area contributed by atoms with Crippen molar-refractivity contribution in [3.63, 3.8) is 0 Å². The van der Waals surface area contributed by atoms with Crippen molar-refractivity contribution in [1.82, 2.24) is 15.1 Å². The molecule has 0 unspecified atom stereocenters. The molecule has 0 aromatic carbocycles. The number of aromatic nitrogens is 2. The second-order valence-corrected chi connectivity index (χ2v) is 4.41. The standard InChI is InChI=1S/C13H19N3O/c1-9-5-10(2)16(15-9)8-12-6-13(7-14-4)17-11(12)3/h5-6,14H,7-8H2,1-4H3. The molecule has 0 aliphatic rings. The van der Waals surface area contributed by atoms with E-state index in [1.165, 1.54) is 11.3 Å². The summed E-state index contributed by atoms with van der Waals surface area (Å²) < 4.78 is 7.68. The van der Waals surface area contributed by atoms with Gasteiger partial charge < -0.3 is 9.73 Å². The molecule has 0 atom stereocenters. The van der Waals surface area contributed by atoms with E-state index in [1.54, 1.807) is 0 Å². The predicted molar refractivity (Wildman–Crippen MR) is 67.0 cm³/mol. The van der Waals surface area contributed by atoms with Crippen molar-refractivity contribution in [1.29, 1.82) is 0 Å². The molecule has 0 fully saturated rings. The molecule has 2 aromatic heterocycles. The third kappa shape index (κ3) is 2.58. The lowest BCUT2D eigenvalue weighted by atomic mass is 10.2. The quantitative estimate of drug-likeness (QED) is 0.880. The third-order valence-electron chi connectivity index (χ3n) is 2.85. The lowest BCUT2D eigenvalue weighted by molar-refractivity contribution is 0.467. The second kappa shape index (κ2) is 4.75. The first-order chi connectivity index (χ1) is 8.10. The zero-order chi connectivity index (χ0) is 12.4. The molecule has 2 heterocycles. The van der Waals surface area contributed by atoms with Crippen molar-refractivity contribution in [2.24, 2.45) is 0 Å². The van der Waals surface area contributed by atoms with Crippen LogP contribution in [-0.2, 0) is 13.1 Å². The highest BCUT2D eigenvalue weighted by molar-refractivity contribution is 5.22. The molecule has 0 spiro atoms. The maximum absolute atomic E-state index is 5.67. The van der Waals surface area contributed by atoms with Gasteiger partial charge in [-0.1, -0.05) is 0 Å². The summed E-state index contributed by atoms with van der Waals surface area (Å²) in [5, 5.41) is 7.55. The Morgan fingerprint density at radius 3 is 2.65 bits per heavy atom. The fraction of sp³-hybridized carbons (Fsp3) is 0.462. The summed E-state index contributed by atoms with van der Waals surface area (Å²) in [7, 11) is 1.92. The van der Waals surface area contributed by atoms with Gasteiger partial charge in [0.15, 0.2) is 0 Å². The minimum Gasteiger partial charge on any atom is -0.465 e. The van der Waals surface area contributed by atoms with Crippen LogP contribution in [0.25, 0.3) is 0 Å². The number of nitrogens with one attached hydrogen (secondary N) is 1. The van der Waals surface area contributed by atoms with E-state index in [-0.39, 0.29) is 0 Å². The summed E-state index contributed by atoms with van der Waals surface area (Å²) in [5.41, 5.74) is 3.43. The first kappa shape index (κ1) is 11.9. The van der Waals surface area contributed by atoms with E-state index in [9.17, 15) is 0 Å². The van der Waals surface area contributed by atoms with Gasteiger partial charge in [-0.15, -0.1) is 0 Å². The molecule has 1 N–H and O–H groups in total. The predicted octanol–water partition coefficient (Wildman–Crippen LogP) is 2.17. The molecule has 2 rings (SSSR count). The fourth-order valence-electron chi connectivity index (χ4n) is 2.00. The Bertz CT molecular complexity index is 511. The van der Waals surface area contributed by atoms with Crippen molar-refractivity contribution < 1.29 is 4.42 Å². The van der Waals surface area contributed by atoms with Crippen LogP contribution in [0.3, 0.4) is 0 Å². The van der Waals surface area contributed by atoms with E-state index in [2.05, 4.69) is 29.5 Å². The highest BCUT2D eigenvalue weighted by Crippen LogP contribution is 2.16. The Labute approximate surface area is 102 Å². The van der Waals surface area contributed by atoms with Gasteiger partial charge in [-0.3, -0.25) is 4.68 Å². The van der Waals surface area contributed by atoms with Gasteiger partial charge in [0, 0.05) is 11.3 Å². The van der Waals surface area contributed by atoms with Crippen LogP contribution in [-0.4, -0.2) is 16.8 Å². The Morgan fingerprint density at radius 1 is 1.29 bits per heavy atom. The molecule has 0 saturated heterocycles. The number of furan rings is 1. The summed E-state index contributed by atoms with van der Waals surface area (Å²) in [6, 6.07) is 4.19. The van der Waals surface area contributed by atoms with Crippen molar-refractivity contribution in [3.8, 4) is 0 Å². The van der Waals surface area contributed by atoms with Crippen LogP contribution in [0, 0.1) is 20.8 Å². The van der Waals surface area contributed by atoms with Gasteiger partial charge in [0.2, 0.25) is 0 Å². The molecule has 92 valence electrons. The van der Waals surface area contributed by atoms with Crippen molar-refractivity contribution in [2.75, 3.05) is 7.05 Å². The Balaban J connectivity index is 2.20. The summed E-state index contributed by atoms with van der Waals surface area (Å²) in [5.74, 6) is 1.95. The van der Waals surface area contributed by atoms with E-state index < -0.39 is 0 Å². The lowest BCUT2D eigenvalue weighted by Gasteiger charge is -2.02. The monoisotopic (exact) mass is 233 g/mol. The molecule has 17 heavy (non-hydrogen) atoms. The van der Waals surface area contributed by atoms with Crippen molar-refractivity contribution in [3.05, 3.63) is 40.6 Å². The Kier molecular flexibility index (Phi) is 3.33. The molecule has 0 radical (unpaired) electrons. The first-order valence-electron chi connectivity index (χ1n) is 5.84. The highest BCUT2D eigenvalue weighted by Gasteiger charge is 2.09. The number of hydrogen-bond acceptors (Lipinski definition) is 3. The van der Waals surface area contributed by atoms with Crippen LogP contribution >= 0.6 is 0 Å². The average Bonchev–Trinajstić information content (AvgIpc) is 2.73. The average molecular weight is 233 g/mol. The fourth-order valence-corrected chi connectivity index (χ4v) is 2.00. The topological polar surface area (TPSA) is 43.0 Å². The first-order valence-corrected chi connectivity index (χ1v) is 5.84. The summed E-state index contributed by atoms with van der Waals surface area (Å²) in [4.78, 5) is 0. The minimum absolute atomic E-state index is 0.762. The number of nitrogens with zero attached hydrogens (tertiary/aromatic N) is 2. The normalized spacial score (nSPS) is 11.1. The van der Waals surface area contributed by atoms with Gasteiger partial charge in [-0.2, -0.15) is 5.10 Å². The van der Waals surface area contributed by atoms with Gasteiger partial charge in [-0.25, -0.2) is 0 Å². The zero-order valence-electron chi connectivity index (χ0n) is 10.9. The molecule has 0 aliphatic heterocycles. The summed E-state index contributed by atoms with van der Waals surface area (Å²) >= 11 is 0. The molecular weight excluding hydrogens is 214 g/mol. The molecular formula is C13H19N3O. The van der Waals surface area contributed by atoms with E-state index >= 15 is 0 Å². The molecule has 0 aliphatic carbocycles. The van der Waals surface area contributed by atoms with Crippen LogP contribution in [0.5, 0.6) is 0 Å². The molecule has 0 amide bonds. The van der Waals surface area contributed by atoms with Crippen LogP contribution in [0.2, 0.25) is 0 Å². The van der Waals surface area contributed by atoms with Gasteiger partial charge in [0.05, 0.1) is 18.8 Å². The smallest absolute Gasteiger partial charge is 0.118 e. The number of rotatable bonds is 4. The maximum atomic E-state index is 5.67. The highest BCUT2D eigenvalue weighted by atomic mass is 16.3. The maximum Gasteiger partial charge on any atom is 0.118 e. The number of aryl methyl sites for hydroxylation is 3. The second-order valence-electron chi connectivity index (χ2n) is 4.41. The minimum atomic E-state index is 0.762. The molecule has 0 saturated carbocycles. The SMILES string of the molecule is CNCc1cc(Cn2nc(C)cc2C)c(C)o1. The largest absolute Gasteiger partial charge is 0.465 e. The van der Waals surface area contributed by atoms with Crippen LogP contribution in [0.1, 0.15) is 28.5 Å². The van der Waals surface area contributed by atoms with Crippen LogP contribution < -0.4 is 5.32 Å². The third-order valence-corrected chi connectivity index (χ3v) is 2.85. The Hall–Kier alpha value is -1.55. The molecule has 4 nitrogen and oxygen atoms in total. The molecule has 4 heteroatoms. The van der Waals surface area contributed by atoms with E-state index in [1.807, 2.05) is 25.6 Å². The van der Waals surface area contributed by atoms with Crippen molar-refractivity contribution >= 4 is 0 Å². The van der Waals surface area contributed by atoms with Crippen LogP contribution in [0.15, 0.2) is 16.5 Å². The van der Waals surface area contributed by atoms with E-state index in [0.717, 1.165) is 30.3 Å². The van der Waals surface area contributed by atoms with E-state index in [4.69, 9.17) is 4.42 Å². The Morgan fingerprint density at radius 2 is 2.06 bits per heavy atom. The van der Waals surface area contributed by atoms with Gasteiger partial charge in [0.25, 0.3) is 0 Å². The van der Waals surface area contributed by atoms with Gasteiger partial charge >= 0.3 is 0 Å². The van der Waals surface area contributed by atoms with Crippen molar-refractivity contribution in [2.45, 2.75) is 33.9 Å². The molecule has 0 bridgehead atoms. The summed E-state index contributed by atoms with van der Waals surface area (Å²) in [6.45, 7) is 7.62. The van der Waals surface area contributed by atoms with E-state index in [0.29, 0.717) is 0 Å². The zero-order valence-corrected chi connectivity index (χ0v) is 10.9. The summed E-state index contributed by atoms with van der Waals surface area (Å²) in [6.07, 6.45) is 0. The lowest BCUT2D eigenvalue weighted by Crippen LogP contribution is -2.05. The van der Waals surface area contributed by atoms with Crippen LogP contribution in [0.4, 0.5) is 0 Å². The van der Waals surface area contributed by atoms with Gasteiger partial charge in [0.1, 0.15) is 11.5 Å². The number of hydrogen-bond donors (Lipinski definition) is 1. The molecule has 2 aromatic rings. The van der Waals surface area contributed by atoms with Gasteiger partial charge in [-0.05, 0) is 40.0 Å².